The second-order valence-electron chi connectivity index (χ2n) is 13.9. The van der Waals surface area contributed by atoms with Crippen LogP contribution in [-0.2, 0) is 35.2 Å². The number of unbranched alkanes of at least 4 members (excludes halogenated alkanes) is 1. The highest BCUT2D eigenvalue weighted by atomic mass is 16.3. The summed E-state index contributed by atoms with van der Waals surface area (Å²) in [6.45, 7) is 5.70. The van der Waals surface area contributed by atoms with Crippen molar-refractivity contribution in [2.24, 2.45) is 23.5 Å². The van der Waals surface area contributed by atoms with E-state index in [0.717, 1.165) is 0 Å². The van der Waals surface area contributed by atoms with E-state index >= 15 is 0 Å². The molecule has 12 nitrogen and oxygen atoms in total. The minimum atomic E-state index is -1.20. The number of nitrogens with zero attached hydrogens (tertiary/aromatic N) is 1. The molecule has 1 aliphatic heterocycles. The highest BCUT2D eigenvalue weighted by Gasteiger charge is 2.36. The molecule has 1 heterocycles. The number of ketones is 4. The summed E-state index contributed by atoms with van der Waals surface area (Å²) in [4.78, 5) is 81.7. The molecule has 4 bridgehead atoms. The SMILES string of the molecule is CNCCCC(=O)C[C@@H](CCCCN)C(=O)N(C)[C@@H]1C(=O)C[C@@H](C)C(=O)N[C@H](C(=O)C[C@@H](C)C(C)=O)Cc2ccc(O)c(c2)-c2cc1ccc2O. The Kier molecular flexibility index (Phi) is 15.5. The van der Waals surface area contributed by atoms with Crippen LogP contribution in [0.3, 0.4) is 0 Å². The molecule has 0 spiro atoms. The van der Waals surface area contributed by atoms with E-state index in [0.29, 0.717) is 56.3 Å². The molecular weight excluding hydrogens is 652 g/mol. The Morgan fingerprint density at radius 3 is 2.29 bits per heavy atom. The number of nitrogens with two attached hydrogens (primary N) is 1. The first-order chi connectivity index (χ1) is 24.2. The van der Waals surface area contributed by atoms with Crippen LogP contribution in [0.5, 0.6) is 11.5 Å². The second kappa shape index (κ2) is 19.3. The van der Waals surface area contributed by atoms with Crippen molar-refractivity contribution in [2.75, 3.05) is 27.2 Å². The van der Waals surface area contributed by atoms with Gasteiger partial charge in [0.2, 0.25) is 11.8 Å². The van der Waals surface area contributed by atoms with Crippen LogP contribution < -0.4 is 16.4 Å². The van der Waals surface area contributed by atoms with Crippen LogP contribution in [0.25, 0.3) is 11.1 Å². The molecule has 12 heteroatoms. The van der Waals surface area contributed by atoms with E-state index in [4.69, 9.17) is 5.73 Å². The fraction of sp³-hybridized carbons (Fsp3) is 0.538. The number of likely N-dealkylation sites (N-methyl/N-ethyl adjacent to an activating group) is 1. The maximum atomic E-state index is 14.3. The van der Waals surface area contributed by atoms with Crippen LogP contribution in [-0.4, -0.2) is 83.3 Å². The standard InChI is InChI=1S/C39H54N4O8/c1-23(25(3)44)17-35(48)32-20-26-11-13-33(46)30(19-26)31-22-27(12-14-34(31)47)37(36(49)18-24(2)38(50)42-32)43(5)39(51)28(9-6-7-15-40)21-29(45)10-8-16-41-4/h11-14,19,22-24,28,32,37,41,46-47H,6-10,15-18,20-21,40H2,1-5H3,(H,42,50)/t23-,24-,28-,32+,37+/m1/s1. The second-order valence-corrected chi connectivity index (χ2v) is 13.9. The van der Waals surface area contributed by atoms with Crippen molar-refractivity contribution in [3.05, 3.63) is 47.5 Å². The summed E-state index contributed by atoms with van der Waals surface area (Å²) in [5.41, 5.74) is 7.07. The van der Waals surface area contributed by atoms with Gasteiger partial charge in [-0.1, -0.05) is 32.4 Å². The number of phenolic OH excluding ortho intramolecular Hbond substituents is 2. The minimum absolute atomic E-state index is 0.0103. The topological polar surface area (TPSA) is 196 Å². The van der Waals surface area contributed by atoms with Gasteiger partial charge in [0.1, 0.15) is 29.1 Å². The molecule has 2 amide bonds. The maximum absolute atomic E-state index is 14.3. The Morgan fingerprint density at radius 2 is 1.65 bits per heavy atom. The molecule has 0 fully saturated rings. The van der Waals surface area contributed by atoms with E-state index in [2.05, 4.69) is 10.6 Å². The monoisotopic (exact) mass is 706 g/mol. The van der Waals surface area contributed by atoms with Gasteiger partial charge < -0.3 is 31.5 Å². The molecule has 2 aromatic carbocycles. The lowest BCUT2D eigenvalue weighted by Crippen LogP contribution is -2.46. The predicted molar refractivity (Wildman–Crippen MR) is 194 cm³/mol. The van der Waals surface area contributed by atoms with Crippen LogP contribution in [0, 0.1) is 17.8 Å². The zero-order valence-corrected chi connectivity index (χ0v) is 30.5. The molecule has 5 atom stereocenters. The molecule has 6 N–H and O–H groups in total. The van der Waals surface area contributed by atoms with Crippen LogP contribution in [0.15, 0.2) is 36.4 Å². The van der Waals surface area contributed by atoms with E-state index in [-0.39, 0.29) is 65.7 Å². The van der Waals surface area contributed by atoms with Gasteiger partial charge >= 0.3 is 0 Å². The van der Waals surface area contributed by atoms with Crippen LogP contribution in [0.2, 0.25) is 0 Å². The third-order valence-corrected chi connectivity index (χ3v) is 9.74. The number of phenols is 2. The molecule has 0 aromatic heterocycles. The van der Waals surface area contributed by atoms with Gasteiger partial charge in [-0.05, 0) is 88.1 Å². The zero-order chi connectivity index (χ0) is 37.8. The van der Waals surface area contributed by atoms with Gasteiger partial charge in [-0.25, -0.2) is 0 Å². The first kappa shape index (κ1) is 41.0. The van der Waals surface area contributed by atoms with Gasteiger partial charge in [-0.2, -0.15) is 0 Å². The van der Waals surface area contributed by atoms with E-state index in [1.54, 1.807) is 39.1 Å². The van der Waals surface area contributed by atoms with Gasteiger partial charge in [0.05, 0.1) is 6.04 Å². The first-order valence-corrected chi connectivity index (χ1v) is 17.8. The predicted octanol–water partition coefficient (Wildman–Crippen LogP) is 3.79. The molecular formula is C39H54N4O8. The van der Waals surface area contributed by atoms with Gasteiger partial charge in [0, 0.05) is 61.6 Å². The summed E-state index contributed by atoms with van der Waals surface area (Å²) in [6, 6.07) is 6.85. The number of hydrogen-bond donors (Lipinski definition) is 5. The largest absolute Gasteiger partial charge is 0.507 e. The molecule has 0 unspecified atom stereocenters. The highest BCUT2D eigenvalue weighted by molar-refractivity contribution is 5.97. The zero-order valence-electron chi connectivity index (χ0n) is 30.5. The van der Waals surface area contributed by atoms with E-state index in [1.165, 1.54) is 37.1 Å². The lowest BCUT2D eigenvalue weighted by molar-refractivity contribution is -0.144. The highest BCUT2D eigenvalue weighted by Crippen LogP contribution is 2.39. The van der Waals surface area contributed by atoms with Crippen molar-refractivity contribution in [1.29, 1.82) is 0 Å². The average Bonchev–Trinajstić information content (AvgIpc) is 3.08. The van der Waals surface area contributed by atoms with E-state index < -0.39 is 47.4 Å². The summed E-state index contributed by atoms with van der Waals surface area (Å²) in [7, 11) is 3.30. The summed E-state index contributed by atoms with van der Waals surface area (Å²) < 4.78 is 0. The number of Topliss-reactive ketones (excluding diaryl/α,β-unsaturated/α-hetero) is 4. The number of amides is 2. The Hall–Kier alpha value is -4.42. The molecule has 0 radical (unpaired) electrons. The smallest absolute Gasteiger partial charge is 0.226 e. The van der Waals surface area contributed by atoms with Crippen molar-refractivity contribution in [3.63, 3.8) is 0 Å². The quantitative estimate of drug-likeness (QED) is 0.160. The number of fused-ring (bicyclic) bond motifs is 5. The van der Waals surface area contributed by atoms with Gasteiger partial charge in [0.25, 0.3) is 0 Å². The van der Waals surface area contributed by atoms with Crippen molar-refractivity contribution in [3.8, 4) is 22.6 Å². The number of carbonyl (C=O) groups is 6. The first-order valence-electron chi connectivity index (χ1n) is 17.8. The molecule has 1 aliphatic rings. The van der Waals surface area contributed by atoms with Crippen LogP contribution in [0.4, 0.5) is 0 Å². The Labute approximate surface area is 300 Å². The van der Waals surface area contributed by atoms with E-state index in [1.807, 2.05) is 0 Å². The number of rotatable bonds is 16. The fourth-order valence-corrected chi connectivity index (χ4v) is 6.48. The number of aromatic hydroxyl groups is 2. The molecule has 0 aliphatic carbocycles. The van der Waals surface area contributed by atoms with Crippen molar-refractivity contribution in [1.82, 2.24) is 15.5 Å². The third-order valence-electron chi connectivity index (χ3n) is 9.74. The minimum Gasteiger partial charge on any atom is -0.507 e. The molecule has 278 valence electrons. The molecule has 0 saturated carbocycles. The number of hydrogen-bond acceptors (Lipinski definition) is 10. The lowest BCUT2D eigenvalue weighted by Gasteiger charge is -2.32. The molecule has 51 heavy (non-hydrogen) atoms. The molecule has 3 rings (SSSR count). The summed E-state index contributed by atoms with van der Waals surface area (Å²) in [5, 5.41) is 27.7. The molecule has 2 aromatic rings. The van der Waals surface area contributed by atoms with Crippen LogP contribution in [0.1, 0.15) is 89.3 Å². The maximum Gasteiger partial charge on any atom is 0.226 e. The van der Waals surface area contributed by atoms with Gasteiger partial charge in [-0.15, -0.1) is 0 Å². The van der Waals surface area contributed by atoms with Crippen molar-refractivity contribution >= 4 is 34.9 Å². The third kappa shape index (κ3) is 11.3. The number of carbonyl (C=O) groups excluding carboxylic acids is 6. The van der Waals surface area contributed by atoms with E-state index in [9.17, 15) is 39.0 Å². The fourth-order valence-electron chi connectivity index (χ4n) is 6.48. The Bertz CT molecular complexity index is 1590. The van der Waals surface area contributed by atoms with Crippen molar-refractivity contribution in [2.45, 2.75) is 90.6 Å². The Morgan fingerprint density at radius 1 is 0.980 bits per heavy atom. The normalized spacial score (nSPS) is 19.0. The van der Waals surface area contributed by atoms with Crippen LogP contribution >= 0.6 is 0 Å². The number of nitrogens with one attached hydrogen (secondary N) is 2. The summed E-state index contributed by atoms with van der Waals surface area (Å²) in [6.07, 6.45) is 2.29. The summed E-state index contributed by atoms with van der Waals surface area (Å²) in [5.74, 6) is -4.52. The van der Waals surface area contributed by atoms with Crippen molar-refractivity contribution < 1.29 is 39.0 Å². The summed E-state index contributed by atoms with van der Waals surface area (Å²) >= 11 is 0. The van der Waals surface area contributed by atoms with Gasteiger partial charge in [-0.3, -0.25) is 28.8 Å². The lowest BCUT2D eigenvalue weighted by atomic mass is 9.87. The Balaban J connectivity index is 2.11. The van der Waals surface area contributed by atoms with Gasteiger partial charge in [0.15, 0.2) is 11.6 Å². The molecule has 0 saturated heterocycles. The average molecular weight is 707 g/mol. The number of benzene rings is 2.